The second-order valence-electron chi connectivity index (χ2n) is 5.60. The summed E-state index contributed by atoms with van der Waals surface area (Å²) in [7, 11) is 4.11. The highest BCUT2D eigenvalue weighted by Crippen LogP contribution is 2.28. The van der Waals surface area contributed by atoms with E-state index in [9.17, 15) is 5.11 Å². The highest BCUT2D eigenvalue weighted by atomic mass is 16.5. The Morgan fingerprint density at radius 2 is 1.83 bits per heavy atom. The van der Waals surface area contributed by atoms with E-state index in [1.54, 1.807) is 12.3 Å². The van der Waals surface area contributed by atoms with E-state index in [4.69, 9.17) is 4.74 Å². The number of aliphatic imine (C=N–C) groups is 1. The molecule has 0 bridgehead atoms. The van der Waals surface area contributed by atoms with Gasteiger partial charge in [-0.15, -0.1) is 0 Å². The summed E-state index contributed by atoms with van der Waals surface area (Å²) in [4.78, 5) is 6.62. The SMILES string of the molecule is CCOc1cccc(C=NCc2ccccc2CN(C)C)c1O. The third-order valence-electron chi connectivity index (χ3n) is 3.43. The van der Waals surface area contributed by atoms with Crippen LogP contribution < -0.4 is 4.74 Å². The quantitative estimate of drug-likeness (QED) is 0.796. The predicted octanol–water partition coefficient (Wildman–Crippen LogP) is 3.47. The topological polar surface area (TPSA) is 45.1 Å². The molecule has 0 spiro atoms. The van der Waals surface area contributed by atoms with Crippen molar-refractivity contribution in [2.75, 3.05) is 20.7 Å². The van der Waals surface area contributed by atoms with E-state index in [2.05, 4.69) is 36.1 Å². The van der Waals surface area contributed by atoms with Crippen LogP contribution in [0, 0.1) is 0 Å². The van der Waals surface area contributed by atoms with Crippen LogP contribution in [0.25, 0.3) is 0 Å². The van der Waals surface area contributed by atoms with Gasteiger partial charge in [-0.2, -0.15) is 0 Å². The van der Waals surface area contributed by atoms with Crippen molar-refractivity contribution in [2.24, 2.45) is 4.99 Å². The number of rotatable bonds is 7. The van der Waals surface area contributed by atoms with Crippen molar-refractivity contribution in [1.82, 2.24) is 4.90 Å². The fraction of sp³-hybridized carbons (Fsp3) is 0.316. The number of ether oxygens (including phenoxy) is 1. The number of aromatic hydroxyl groups is 1. The maximum atomic E-state index is 10.2. The molecule has 0 aliphatic carbocycles. The molecule has 122 valence electrons. The lowest BCUT2D eigenvalue weighted by Gasteiger charge is -2.13. The molecule has 0 aliphatic rings. The average molecular weight is 312 g/mol. The van der Waals surface area contributed by atoms with E-state index in [0.717, 1.165) is 6.54 Å². The van der Waals surface area contributed by atoms with Crippen LogP contribution in [-0.4, -0.2) is 36.9 Å². The molecule has 0 saturated carbocycles. The number of phenols is 1. The molecule has 0 fully saturated rings. The van der Waals surface area contributed by atoms with Gasteiger partial charge in [0.15, 0.2) is 11.5 Å². The zero-order valence-corrected chi connectivity index (χ0v) is 14.0. The fourth-order valence-electron chi connectivity index (χ4n) is 2.36. The van der Waals surface area contributed by atoms with Gasteiger partial charge in [-0.3, -0.25) is 4.99 Å². The summed E-state index contributed by atoms with van der Waals surface area (Å²) in [5.41, 5.74) is 3.13. The van der Waals surface area contributed by atoms with Crippen molar-refractivity contribution >= 4 is 6.21 Å². The van der Waals surface area contributed by atoms with Crippen molar-refractivity contribution in [3.63, 3.8) is 0 Å². The standard InChI is InChI=1S/C19H24N2O2/c1-4-23-18-11-7-10-16(19(18)22)13-20-12-15-8-5-6-9-17(15)14-21(2)3/h5-11,13,22H,4,12,14H2,1-3H3. The second-order valence-corrected chi connectivity index (χ2v) is 5.60. The highest BCUT2D eigenvalue weighted by molar-refractivity contribution is 5.84. The van der Waals surface area contributed by atoms with E-state index in [-0.39, 0.29) is 5.75 Å². The Labute approximate surface area is 138 Å². The van der Waals surface area contributed by atoms with Gasteiger partial charge in [-0.25, -0.2) is 0 Å². The molecule has 23 heavy (non-hydrogen) atoms. The lowest BCUT2D eigenvalue weighted by atomic mass is 10.1. The third kappa shape index (κ3) is 4.83. The van der Waals surface area contributed by atoms with Crippen LogP contribution in [0.3, 0.4) is 0 Å². The van der Waals surface area contributed by atoms with E-state index < -0.39 is 0 Å². The second kappa shape index (κ2) is 8.34. The molecule has 2 aromatic carbocycles. The van der Waals surface area contributed by atoms with E-state index in [0.29, 0.717) is 24.5 Å². The molecular formula is C19H24N2O2. The first kappa shape index (κ1) is 17.0. The van der Waals surface area contributed by atoms with Crippen molar-refractivity contribution in [2.45, 2.75) is 20.0 Å². The van der Waals surface area contributed by atoms with E-state index in [1.165, 1.54) is 11.1 Å². The van der Waals surface area contributed by atoms with Crippen molar-refractivity contribution in [3.05, 3.63) is 59.2 Å². The number of hydrogen-bond donors (Lipinski definition) is 1. The molecular weight excluding hydrogens is 288 g/mol. The Morgan fingerprint density at radius 1 is 1.09 bits per heavy atom. The number of para-hydroxylation sites is 1. The Bertz CT molecular complexity index is 666. The Hall–Kier alpha value is -2.33. The minimum atomic E-state index is 0.139. The lowest BCUT2D eigenvalue weighted by Crippen LogP contribution is -2.12. The van der Waals surface area contributed by atoms with Crippen LogP contribution in [0.1, 0.15) is 23.6 Å². The van der Waals surface area contributed by atoms with Crippen LogP contribution in [0.5, 0.6) is 11.5 Å². The lowest BCUT2D eigenvalue weighted by molar-refractivity contribution is 0.318. The molecule has 1 N–H and O–H groups in total. The Kier molecular flexibility index (Phi) is 6.18. The minimum Gasteiger partial charge on any atom is -0.504 e. The van der Waals surface area contributed by atoms with Gasteiger partial charge in [0.05, 0.1) is 13.2 Å². The molecule has 2 aromatic rings. The first-order valence-corrected chi connectivity index (χ1v) is 7.78. The molecule has 0 amide bonds. The van der Waals surface area contributed by atoms with Crippen molar-refractivity contribution in [1.29, 1.82) is 0 Å². The smallest absolute Gasteiger partial charge is 0.166 e. The number of benzene rings is 2. The van der Waals surface area contributed by atoms with E-state index in [1.807, 2.05) is 31.2 Å². The first-order valence-electron chi connectivity index (χ1n) is 7.78. The van der Waals surface area contributed by atoms with Gasteiger partial charge in [0, 0.05) is 18.3 Å². The van der Waals surface area contributed by atoms with Gasteiger partial charge in [0.1, 0.15) is 0 Å². The zero-order chi connectivity index (χ0) is 16.7. The van der Waals surface area contributed by atoms with Crippen LogP contribution in [0.2, 0.25) is 0 Å². The number of nitrogens with zero attached hydrogens (tertiary/aromatic N) is 2. The third-order valence-corrected chi connectivity index (χ3v) is 3.43. The monoisotopic (exact) mass is 312 g/mol. The molecule has 0 unspecified atom stereocenters. The molecule has 2 rings (SSSR count). The Balaban J connectivity index is 2.12. The normalized spacial score (nSPS) is 11.3. The molecule has 0 radical (unpaired) electrons. The van der Waals surface area contributed by atoms with Crippen LogP contribution in [-0.2, 0) is 13.1 Å². The van der Waals surface area contributed by atoms with Crippen molar-refractivity contribution in [3.8, 4) is 11.5 Å². The maximum Gasteiger partial charge on any atom is 0.166 e. The van der Waals surface area contributed by atoms with Gasteiger partial charge >= 0.3 is 0 Å². The molecule has 4 heteroatoms. The predicted molar refractivity (Wildman–Crippen MR) is 94.4 cm³/mol. The summed E-state index contributed by atoms with van der Waals surface area (Å²) >= 11 is 0. The summed E-state index contributed by atoms with van der Waals surface area (Å²) in [6, 6.07) is 13.7. The molecule has 0 heterocycles. The van der Waals surface area contributed by atoms with Gasteiger partial charge in [0.2, 0.25) is 0 Å². The molecule has 0 atom stereocenters. The zero-order valence-electron chi connectivity index (χ0n) is 14.0. The van der Waals surface area contributed by atoms with Crippen molar-refractivity contribution < 1.29 is 9.84 Å². The number of hydrogen-bond acceptors (Lipinski definition) is 4. The summed E-state index contributed by atoms with van der Waals surface area (Å²) in [5, 5.41) is 10.2. The summed E-state index contributed by atoms with van der Waals surface area (Å²) in [5.74, 6) is 0.629. The van der Waals surface area contributed by atoms with Gasteiger partial charge < -0.3 is 14.7 Å². The molecule has 4 nitrogen and oxygen atoms in total. The summed E-state index contributed by atoms with van der Waals surface area (Å²) < 4.78 is 5.39. The maximum absolute atomic E-state index is 10.2. The van der Waals surface area contributed by atoms with Crippen LogP contribution in [0.4, 0.5) is 0 Å². The van der Waals surface area contributed by atoms with Gasteiger partial charge in [-0.1, -0.05) is 30.3 Å². The first-order chi connectivity index (χ1) is 11.1. The Morgan fingerprint density at radius 3 is 2.52 bits per heavy atom. The highest BCUT2D eigenvalue weighted by Gasteiger charge is 2.06. The van der Waals surface area contributed by atoms with E-state index >= 15 is 0 Å². The largest absolute Gasteiger partial charge is 0.504 e. The minimum absolute atomic E-state index is 0.139. The number of phenolic OH excluding ortho intramolecular Hbond substituents is 1. The molecule has 0 aliphatic heterocycles. The van der Waals surface area contributed by atoms with Crippen LogP contribution in [0.15, 0.2) is 47.5 Å². The molecule has 0 saturated heterocycles. The fourth-order valence-corrected chi connectivity index (χ4v) is 2.36. The molecule has 0 aromatic heterocycles. The van der Waals surface area contributed by atoms with Gasteiger partial charge in [-0.05, 0) is 44.3 Å². The summed E-state index contributed by atoms with van der Waals surface area (Å²) in [6.45, 7) is 3.88. The van der Waals surface area contributed by atoms with Crippen LogP contribution >= 0.6 is 0 Å². The van der Waals surface area contributed by atoms with Gasteiger partial charge in [0.25, 0.3) is 0 Å². The average Bonchev–Trinajstić information content (AvgIpc) is 2.52. The summed E-state index contributed by atoms with van der Waals surface area (Å²) in [6.07, 6.45) is 1.70.